The summed E-state index contributed by atoms with van der Waals surface area (Å²) in [5.74, 6) is -0.113. The van der Waals surface area contributed by atoms with Gasteiger partial charge in [-0.2, -0.15) is 0 Å². The zero-order chi connectivity index (χ0) is 17.9. The Hall–Kier alpha value is -3.06. The lowest BCUT2D eigenvalue weighted by molar-refractivity contribution is -0.120. The van der Waals surface area contributed by atoms with Crippen molar-refractivity contribution in [3.63, 3.8) is 0 Å². The first-order chi connectivity index (χ1) is 12.7. The molecule has 1 aromatic carbocycles. The summed E-state index contributed by atoms with van der Waals surface area (Å²) in [6, 6.07) is 9.65. The molecular formula is C19H16N4O2S. The van der Waals surface area contributed by atoms with Crippen LogP contribution in [0.25, 0.3) is 21.5 Å². The van der Waals surface area contributed by atoms with E-state index in [0.717, 1.165) is 27.2 Å². The number of rotatable bonds is 5. The molecule has 1 N–H and O–H groups in total. The highest BCUT2D eigenvalue weighted by molar-refractivity contribution is 7.13. The molecule has 7 heteroatoms. The Morgan fingerprint density at radius 2 is 2.23 bits per heavy atom. The number of thiazole rings is 1. The van der Waals surface area contributed by atoms with Crippen LogP contribution in [0.4, 0.5) is 0 Å². The SMILES string of the molecule is Cc1ccc2onc(CC(=O)NCc3csc(-c4cccnc4)n3)c2c1. The van der Waals surface area contributed by atoms with Crippen LogP contribution in [0.5, 0.6) is 0 Å². The summed E-state index contributed by atoms with van der Waals surface area (Å²) in [5.41, 5.74) is 4.24. The summed E-state index contributed by atoms with van der Waals surface area (Å²) in [6.45, 7) is 2.38. The van der Waals surface area contributed by atoms with Crippen molar-refractivity contribution in [2.24, 2.45) is 0 Å². The Morgan fingerprint density at radius 3 is 3.08 bits per heavy atom. The van der Waals surface area contributed by atoms with Gasteiger partial charge in [0.15, 0.2) is 5.58 Å². The molecule has 0 fully saturated rings. The molecule has 3 heterocycles. The average molecular weight is 364 g/mol. The van der Waals surface area contributed by atoms with Crippen molar-refractivity contribution in [3.05, 3.63) is 65.1 Å². The number of fused-ring (bicyclic) bond motifs is 1. The number of aryl methyl sites for hydroxylation is 1. The van der Waals surface area contributed by atoms with Gasteiger partial charge in [-0.05, 0) is 31.2 Å². The van der Waals surface area contributed by atoms with Crippen LogP contribution in [0.15, 0.2) is 52.6 Å². The molecule has 0 saturated heterocycles. The maximum absolute atomic E-state index is 12.3. The number of benzene rings is 1. The fraction of sp³-hybridized carbons (Fsp3) is 0.158. The third-order valence-corrected chi connectivity index (χ3v) is 4.90. The zero-order valence-corrected chi connectivity index (χ0v) is 14.9. The molecule has 130 valence electrons. The van der Waals surface area contributed by atoms with E-state index in [1.165, 1.54) is 11.3 Å². The minimum Gasteiger partial charge on any atom is -0.356 e. The maximum Gasteiger partial charge on any atom is 0.226 e. The van der Waals surface area contributed by atoms with Crippen LogP contribution in [0.2, 0.25) is 0 Å². The second-order valence-corrected chi connectivity index (χ2v) is 6.83. The molecule has 0 aliphatic rings. The summed E-state index contributed by atoms with van der Waals surface area (Å²) in [5, 5.41) is 10.6. The second-order valence-electron chi connectivity index (χ2n) is 5.97. The summed E-state index contributed by atoms with van der Waals surface area (Å²) in [7, 11) is 0. The monoisotopic (exact) mass is 364 g/mol. The molecule has 0 spiro atoms. The van der Waals surface area contributed by atoms with Gasteiger partial charge in [-0.25, -0.2) is 4.98 Å². The predicted octanol–water partition coefficient (Wildman–Crippen LogP) is 3.51. The van der Waals surface area contributed by atoms with Gasteiger partial charge in [0.1, 0.15) is 10.7 Å². The van der Waals surface area contributed by atoms with Crippen LogP contribution in [0.1, 0.15) is 17.0 Å². The highest BCUT2D eigenvalue weighted by Gasteiger charge is 2.13. The van der Waals surface area contributed by atoms with Gasteiger partial charge < -0.3 is 9.84 Å². The molecule has 4 rings (SSSR count). The first-order valence-corrected chi connectivity index (χ1v) is 9.03. The van der Waals surface area contributed by atoms with Crippen molar-refractivity contribution in [2.45, 2.75) is 19.9 Å². The topological polar surface area (TPSA) is 80.9 Å². The maximum atomic E-state index is 12.3. The lowest BCUT2D eigenvalue weighted by atomic mass is 10.1. The number of pyridine rings is 1. The van der Waals surface area contributed by atoms with Gasteiger partial charge in [-0.15, -0.1) is 11.3 Å². The first kappa shape index (κ1) is 16.4. The van der Waals surface area contributed by atoms with Crippen molar-refractivity contribution in [1.82, 2.24) is 20.4 Å². The van der Waals surface area contributed by atoms with Crippen molar-refractivity contribution < 1.29 is 9.32 Å². The summed E-state index contributed by atoms with van der Waals surface area (Å²) < 4.78 is 5.27. The minimum absolute atomic E-state index is 0.113. The van der Waals surface area contributed by atoms with Crippen molar-refractivity contribution in [2.75, 3.05) is 0 Å². The molecule has 0 bridgehead atoms. The fourth-order valence-electron chi connectivity index (χ4n) is 2.64. The quantitative estimate of drug-likeness (QED) is 0.586. The van der Waals surface area contributed by atoms with Crippen LogP contribution < -0.4 is 5.32 Å². The molecule has 0 saturated carbocycles. The number of amides is 1. The third-order valence-electron chi connectivity index (χ3n) is 3.96. The van der Waals surface area contributed by atoms with Crippen LogP contribution in [0.3, 0.4) is 0 Å². The van der Waals surface area contributed by atoms with E-state index in [0.29, 0.717) is 17.8 Å². The van der Waals surface area contributed by atoms with E-state index in [2.05, 4.69) is 20.4 Å². The zero-order valence-electron chi connectivity index (χ0n) is 14.1. The van der Waals surface area contributed by atoms with Crippen LogP contribution in [-0.2, 0) is 17.8 Å². The molecule has 0 radical (unpaired) electrons. The summed E-state index contributed by atoms with van der Waals surface area (Å²) in [6.07, 6.45) is 3.68. The average Bonchev–Trinajstić information content (AvgIpc) is 3.28. The molecule has 0 atom stereocenters. The molecule has 1 amide bonds. The van der Waals surface area contributed by atoms with Crippen molar-refractivity contribution in [1.29, 1.82) is 0 Å². The Balaban J connectivity index is 1.40. The number of hydrogen-bond donors (Lipinski definition) is 1. The van der Waals surface area contributed by atoms with Gasteiger partial charge in [-0.1, -0.05) is 16.8 Å². The largest absolute Gasteiger partial charge is 0.356 e. The van der Waals surface area contributed by atoms with E-state index in [4.69, 9.17) is 4.52 Å². The fourth-order valence-corrected chi connectivity index (χ4v) is 3.45. The Bertz CT molecular complexity index is 1060. The molecule has 26 heavy (non-hydrogen) atoms. The van der Waals surface area contributed by atoms with E-state index in [1.807, 2.05) is 42.6 Å². The van der Waals surface area contributed by atoms with Crippen LogP contribution in [0, 0.1) is 6.92 Å². The predicted molar refractivity (Wildman–Crippen MR) is 99.6 cm³/mol. The minimum atomic E-state index is -0.113. The van der Waals surface area contributed by atoms with Gasteiger partial charge in [0.2, 0.25) is 5.91 Å². The van der Waals surface area contributed by atoms with E-state index in [-0.39, 0.29) is 12.3 Å². The molecule has 0 aliphatic heterocycles. The molecular weight excluding hydrogens is 348 g/mol. The van der Waals surface area contributed by atoms with Gasteiger partial charge in [-0.3, -0.25) is 9.78 Å². The van der Waals surface area contributed by atoms with E-state index < -0.39 is 0 Å². The van der Waals surface area contributed by atoms with Crippen molar-refractivity contribution >= 4 is 28.2 Å². The number of nitrogens with zero attached hydrogens (tertiary/aromatic N) is 3. The molecule has 6 nitrogen and oxygen atoms in total. The van der Waals surface area contributed by atoms with Crippen LogP contribution >= 0.6 is 11.3 Å². The molecule has 0 aliphatic carbocycles. The molecule has 4 aromatic rings. The van der Waals surface area contributed by atoms with Gasteiger partial charge in [0, 0.05) is 28.7 Å². The lowest BCUT2D eigenvalue weighted by Gasteiger charge is -2.02. The van der Waals surface area contributed by atoms with E-state index >= 15 is 0 Å². The van der Waals surface area contributed by atoms with Crippen molar-refractivity contribution in [3.8, 4) is 10.6 Å². The van der Waals surface area contributed by atoms with Crippen LogP contribution in [-0.4, -0.2) is 21.0 Å². The summed E-state index contributed by atoms with van der Waals surface area (Å²) in [4.78, 5) is 20.9. The van der Waals surface area contributed by atoms with Gasteiger partial charge in [0.25, 0.3) is 0 Å². The Kier molecular flexibility index (Phi) is 4.45. The Morgan fingerprint density at radius 1 is 1.31 bits per heavy atom. The lowest BCUT2D eigenvalue weighted by Crippen LogP contribution is -2.24. The standard InChI is InChI=1S/C19H16N4O2S/c1-12-4-5-17-15(7-12)16(23-25-17)8-18(24)21-10-14-11-26-19(22-14)13-3-2-6-20-9-13/h2-7,9,11H,8,10H2,1H3,(H,21,24). The first-order valence-electron chi connectivity index (χ1n) is 8.15. The van der Waals surface area contributed by atoms with Gasteiger partial charge >= 0.3 is 0 Å². The third kappa shape index (κ3) is 3.48. The number of nitrogens with one attached hydrogen (secondary N) is 1. The van der Waals surface area contributed by atoms with E-state index in [1.54, 1.807) is 12.4 Å². The number of carbonyl (C=O) groups is 1. The number of aromatic nitrogens is 3. The smallest absolute Gasteiger partial charge is 0.226 e. The van der Waals surface area contributed by atoms with E-state index in [9.17, 15) is 4.79 Å². The highest BCUT2D eigenvalue weighted by Crippen LogP contribution is 2.23. The Labute approximate surface area is 153 Å². The summed E-state index contributed by atoms with van der Waals surface area (Å²) >= 11 is 1.53. The molecule has 0 unspecified atom stereocenters. The molecule has 3 aromatic heterocycles. The van der Waals surface area contributed by atoms with Gasteiger partial charge in [0.05, 0.1) is 18.7 Å². The number of carbonyl (C=O) groups excluding carboxylic acids is 1. The highest BCUT2D eigenvalue weighted by atomic mass is 32.1. The second kappa shape index (κ2) is 7.05. The number of hydrogen-bond acceptors (Lipinski definition) is 6. The normalized spacial score (nSPS) is 11.0.